The molecule has 1 aromatic heterocycles. The number of hydrogen-bond donors (Lipinski definition) is 2. The summed E-state index contributed by atoms with van der Waals surface area (Å²) in [4.78, 5) is 27.4. The van der Waals surface area contributed by atoms with Crippen LogP contribution in [0.15, 0.2) is 54.6 Å². The average Bonchev–Trinajstić information content (AvgIpc) is 3.27. The normalized spacial score (nSPS) is 15.0. The highest BCUT2D eigenvalue weighted by Crippen LogP contribution is 2.37. The first-order chi connectivity index (χ1) is 14.5. The van der Waals surface area contributed by atoms with Gasteiger partial charge in [-0.25, -0.2) is 0 Å². The summed E-state index contributed by atoms with van der Waals surface area (Å²) in [6, 6.07) is 17.7. The molecule has 0 aliphatic carbocycles. The Morgan fingerprint density at radius 1 is 1.17 bits per heavy atom. The summed E-state index contributed by atoms with van der Waals surface area (Å²) in [5.41, 5.74) is 2.79. The maximum atomic E-state index is 13.1. The number of carbonyl (C=O) groups excluding carboxylic acids is 2. The van der Waals surface area contributed by atoms with Gasteiger partial charge in [-0.3, -0.25) is 9.59 Å². The summed E-state index contributed by atoms with van der Waals surface area (Å²) in [6.45, 7) is 0.204. The molecule has 30 heavy (non-hydrogen) atoms. The van der Waals surface area contributed by atoms with Gasteiger partial charge in [0.1, 0.15) is 0 Å². The van der Waals surface area contributed by atoms with Gasteiger partial charge in [0.25, 0.3) is 11.8 Å². The fraction of sp³-hybridized carbons (Fsp3) is 0.136. The van der Waals surface area contributed by atoms with Crippen LogP contribution in [0.4, 0.5) is 5.69 Å². The lowest BCUT2D eigenvalue weighted by atomic mass is 10.1. The van der Waals surface area contributed by atoms with Gasteiger partial charge < -0.3 is 15.3 Å². The third-order valence-electron chi connectivity index (χ3n) is 4.85. The van der Waals surface area contributed by atoms with Crippen molar-refractivity contribution < 1.29 is 14.7 Å². The first-order valence-electron chi connectivity index (χ1n) is 9.11. The number of hydrogen-bond acceptors (Lipinski definition) is 5. The minimum Gasteiger partial charge on any atom is -0.369 e. The van der Waals surface area contributed by atoms with E-state index >= 15 is 0 Å². The van der Waals surface area contributed by atoms with E-state index in [-0.39, 0.29) is 23.9 Å². The van der Waals surface area contributed by atoms with E-state index in [0.717, 1.165) is 22.5 Å². The Morgan fingerprint density at radius 2 is 1.90 bits per heavy atom. The van der Waals surface area contributed by atoms with E-state index in [4.69, 9.17) is 16.9 Å². The standard InChI is InChI=1S/C22H16ClN3O3S/c23-18-9-8-17(30-18)20(27)25-16-3-1-2-15-19(16)22(29)26(21(15)28)12-14-6-4-13(5-7-14)10-11-24/h1-9,21,28H,10,12H2,(H,25,27). The molecule has 0 spiro atoms. The SMILES string of the molecule is N#CCc1ccc(CN2C(=O)c3c(NC(=O)c4ccc(Cl)s4)cccc3C2O)cc1. The first-order valence-corrected chi connectivity index (χ1v) is 10.3. The summed E-state index contributed by atoms with van der Waals surface area (Å²) >= 11 is 7.04. The van der Waals surface area contributed by atoms with Gasteiger partial charge in [0.05, 0.1) is 33.0 Å². The van der Waals surface area contributed by atoms with Crippen LogP contribution in [0.3, 0.4) is 0 Å². The lowest BCUT2D eigenvalue weighted by Crippen LogP contribution is -2.27. The Balaban J connectivity index is 1.57. The summed E-state index contributed by atoms with van der Waals surface area (Å²) < 4.78 is 0.497. The topological polar surface area (TPSA) is 93.4 Å². The number of nitrogens with one attached hydrogen (secondary N) is 1. The monoisotopic (exact) mass is 437 g/mol. The number of anilines is 1. The van der Waals surface area contributed by atoms with Crippen LogP contribution in [0.5, 0.6) is 0 Å². The van der Waals surface area contributed by atoms with E-state index < -0.39 is 6.23 Å². The number of thiophene rings is 1. The van der Waals surface area contributed by atoms with E-state index in [1.807, 2.05) is 24.3 Å². The third-order valence-corrected chi connectivity index (χ3v) is 6.08. The molecule has 0 fully saturated rings. The number of aliphatic hydroxyl groups excluding tert-OH is 1. The Labute approximate surface area is 181 Å². The summed E-state index contributed by atoms with van der Waals surface area (Å²) in [5.74, 6) is -0.729. The van der Waals surface area contributed by atoms with Crippen molar-refractivity contribution in [2.45, 2.75) is 19.2 Å². The molecular weight excluding hydrogens is 422 g/mol. The van der Waals surface area contributed by atoms with Crippen molar-refractivity contribution in [1.29, 1.82) is 5.26 Å². The van der Waals surface area contributed by atoms with Crippen molar-refractivity contribution in [2.75, 3.05) is 5.32 Å². The van der Waals surface area contributed by atoms with Crippen molar-refractivity contribution in [1.82, 2.24) is 4.90 Å². The van der Waals surface area contributed by atoms with Crippen molar-refractivity contribution in [3.05, 3.63) is 86.1 Å². The van der Waals surface area contributed by atoms with Crippen LogP contribution in [0.2, 0.25) is 4.34 Å². The molecule has 6 nitrogen and oxygen atoms in total. The molecule has 1 atom stereocenters. The van der Waals surface area contributed by atoms with E-state index in [2.05, 4.69) is 11.4 Å². The second-order valence-electron chi connectivity index (χ2n) is 6.79. The largest absolute Gasteiger partial charge is 0.369 e. The number of amides is 2. The molecule has 0 bridgehead atoms. The van der Waals surface area contributed by atoms with Gasteiger partial charge in [-0.15, -0.1) is 11.3 Å². The molecule has 1 aliphatic rings. The summed E-state index contributed by atoms with van der Waals surface area (Å²) in [5, 5.41) is 22.3. The van der Waals surface area contributed by atoms with Crippen LogP contribution >= 0.6 is 22.9 Å². The zero-order valence-electron chi connectivity index (χ0n) is 15.6. The number of nitriles is 1. The van der Waals surface area contributed by atoms with Gasteiger partial charge in [-0.2, -0.15) is 5.26 Å². The van der Waals surface area contributed by atoms with Gasteiger partial charge in [0.15, 0.2) is 6.23 Å². The highest BCUT2D eigenvalue weighted by molar-refractivity contribution is 7.18. The number of fused-ring (bicyclic) bond motifs is 1. The third kappa shape index (κ3) is 3.81. The number of nitrogens with zero attached hydrogens (tertiary/aromatic N) is 2. The van der Waals surface area contributed by atoms with Gasteiger partial charge >= 0.3 is 0 Å². The molecular formula is C22H16ClN3O3S. The van der Waals surface area contributed by atoms with Gasteiger partial charge in [-0.05, 0) is 29.3 Å². The highest BCUT2D eigenvalue weighted by atomic mass is 35.5. The minimum atomic E-state index is -1.11. The van der Waals surface area contributed by atoms with Gasteiger partial charge in [0, 0.05) is 12.1 Å². The summed E-state index contributed by atoms with van der Waals surface area (Å²) in [6.07, 6.45) is -0.797. The number of halogens is 1. The summed E-state index contributed by atoms with van der Waals surface area (Å²) in [7, 11) is 0. The van der Waals surface area contributed by atoms with Crippen molar-refractivity contribution >= 4 is 40.4 Å². The van der Waals surface area contributed by atoms with Crippen LogP contribution in [-0.4, -0.2) is 21.8 Å². The molecule has 3 aromatic rings. The lowest BCUT2D eigenvalue weighted by molar-refractivity contribution is 0.0137. The molecule has 2 aromatic carbocycles. The fourth-order valence-corrected chi connectivity index (χ4v) is 4.32. The molecule has 8 heteroatoms. The highest BCUT2D eigenvalue weighted by Gasteiger charge is 2.37. The van der Waals surface area contributed by atoms with Gasteiger partial charge in [0.2, 0.25) is 0 Å². The van der Waals surface area contributed by atoms with Crippen molar-refractivity contribution in [3.63, 3.8) is 0 Å². The number of rotatable bonds is 5. The van der Waals surface area contributed by atoms with Crippen LogP contribution in [0.25, 0.3) is 0 Å². The zero-order chi connectivity index (χ0) is 21.3. The number of benzene rings is 2. The van der Waals surface area contributed by atoms with Crippen molar-refractivity contribution in [3.8, 4) is 6.07 Å². The zero-order valence-corrected chi connectivity index (χ0v) is 17.2. The van der Waals surface area contributed by atoms with E-state index in [9.17, 15) is 14.7 Å². The maximum Gasteiger partial charge on any atom is 0.265 e. The number of aliphatic hydroxyl groups is 1. The Hall–Kier alpha value is -3.18. The molecule has 2 amide bonds. The molecule has 2 heterocycles. The van der Waals surface area contributed by atoms with Gasteiger partial charge in [-0.1, -0.05) is 48.0 Å². The molecule has 0 saturated heterocycles. The molecule has 2 N–H and O–H groups in total. The quantitative estimate of drug-likeness (QED) is 0.619. The molecule has 1 unspecified atom stereocenters. The molecule has 0 saturated carbocycles. The molecule has 1 aliphatic heterocycles. The van der Waals surface area contributed by atoms with Crippen LogP contribution < -0.4 is 5.32 Å². The Bertz CT molecular complexity index is 1170. The average molecular weight is 438 g/mol. The van der Waals surface area contributed by atoms with Crippen LogP contribution in [0, 0.1) is 11.3 Å². The fourth-order valence-electron chi connectivity index (χ4n) is 3.38. The Kier molecular flexibility index (Phi) is 5.55. The van der Waals surface area contributed by atoms with E-state index in [0.29, 0.717) is 26.9 Å². The second kappa shape index (κ2) is 8.28. The predicted octanol–water partition coefficient (Wildman–Crippen LogP) is 4.37. The van der Waals surface area contributed by atoms with Crippen LogP contribution in [-0.2, 0) is 13.0 Å². The first kappa shape index (κ1) is 20.1. The Morgan fingerprint density at radius 3 is 2.57 bits per heavy atom. The molecule has 4 rings (SSSR count). The lowest BCUT2D eigenvalue weighted by Gasteiger charge is -2.21. The molecule has 150 valence electrons. The van der Waals surface area contributed by atoms with E-state index in [1.165, 1.54) is 4.90 Å². The predicted molar refractivity (Wildman–Crippen MR) is 114 cm³/mol. The maximum absolute atomic E-state index is 13.1. The van der Waals surface area contributed by atoms with Crippen LogP contribution in [0.1, 0.15) is 42.9 Å². The minimum absolute atomic E-state index is 0.204. The van der Waals surface area contributed by atoms with Crippen molar-refractivity contribution in [2.24, 2.45) is 0 Å². The van der Waals surface area contributed by atoms with E-state index in [1.54, 1.807) is 30.3 Å². The number of carbonyl (C=O) groups is 2. The smallest absolute Gasteiger partial charge is 0.265 e. The second-order valence-corrected chi connectivity index (χ2v) is 8.50. The molecule has 0 radical (unpaired) electrons.